The van der Waals surface area contributed by atoms with E-state index in [2.05, 4.69) is 73.1 Å². The fourth-order valence-electron chi connectivity index (χ4n) is 2.69. The molecule has 0 radical (unpaired) electrons. The first-order valence-corrected chi connectivity index (χ1v) is 7.62. The van der Waals surface area contributed by atoms with Crippen molar-refractivity contribution in [1.82, 2.24) is 4.98 Å². The maximum atomic E-state index is 4.01. The van der Waals surface area contributed by atoms with Crippen molar-refractivity contribution in [3.8, 4) is 0 Å². The van der Waals surface area contributed by atoms with Gasteiger partial charge in [-0.2, -0.15) is 0 Å². The first-order valence-electron chi connectivity index (χ1n) is 7.62. The molecule has 0 aliphatic heterocycles. The number of hydrogen-bond acceptors (Lipinski definition) is 0. The van der Waals surface area contributed by atoms with Gasteiger partial charge in [-0.05, 0) is 32.4 Å². The Morgan fingerprint density at radius 1 is 1.00 bits per heavy atom. The van der Waals surface area contributed by atoms with Crippen LogP contribution in [0, 0.1) is 0 Å². The minimum atomic E-state index is 1.12. The Balaban J connectivity index is 2.93. The number of aromatic nitrogens is 1. The van der Waals surface area contributed by atoms with Gasteiger partial charge in [0.2, 0.25) is 0 Å². The Hall–Kier alpha value is -2.54. The SMILES string of the molecule is C=C/C(c1ccccc1)=c1/[nH]c(/C=C\C)c(/C=C\C)/c1=C/C. The third-order valence-electron chi connectivity index (χ3n) is 3.62. The smallest absolute Gasteiger partial charge is 0.0540 e. The van der Waals surface area contributed by atoms with Crippen LogP contribution in [0.4, 0.5) is 0 Å². The van der Waals surface area contributed by atoms with Gasteiger partial charge in [0, 0.05) is 22.0 Å². The Bertz CT molecular complexity index is 815. The molecule has 2 rings (SSSR count). The van der Waals surface area contributed by atoms with E-state index in [1.165, 1.54) is 16.3 Å². The van der Waals surface area contributed by atoms with Crippen LogP contribution < -0.4 is 10.6 Å². The molecule has 1 N–H and O–H groups in total. The van der Waals surface area contributed by atoms with Crippen molar-refractivity contribution in [2.24, 2.45) is 0 Å². The highest BCUT2D eigenvalue weighted by atomic mass is 14.7. The third-order valence-corrected chi connectivity index (χ3v) is 3.62. The van der Waals surface area contributed by atoms with Gasteiger partial charge in [0.1, 0.15) is 0 Å². The molecule has 0 saturated heterocycles. The first-order chi connectivity index (χ1) is 10.8. The number of nitrogens with one attached hydrogen (secondary N) is 1. The molecule has 1 heterocycles. The van der Waals surface area contributed by atoms with Crippen LogP contribution in [0.15, 0.2) is 55.1 Å². The van der Waals surface area contributed by atoms with Gasteiger partial charge in [0.25, 0.3) is 0 Å². The molecule has 1 nitrogen and oxygen atoms in total. The van der Waals surface area contributed by atoms with Crippen molar-refractivity contribution < 1.29 is 0 Å². The van der Waals surface area contributed by atoms with E-state index in [1.807, 2.05) is 26.0 Å². The second kappa shape index (κ2) is 7.46. The van der Waals surface area contributed by atoms with Crippen molar-refractivity contribution in [2.75, 3.05) is 0 Å². The van der Waals surface area contributed by atoms with Gasteiger partial charge >= 0.3 is 0 Å². The second-order valence-electron chi connectivity index (χ2n) is 5.01. The fraction of sp³-hybridized carbons (Fsp3) is 0.143. The summed E-state index contributed by atoms with van der Waals surface area (Å²) in [5, 5.41) is 2.33. The zero-order chi connectivity index (χ0) is 15.9. The van der Waals surface area contributed by atoms with Gasteiger partial charge in [-0.1, -0.05) is 67.3 Å². The van der Waals surface area contributed by atoms with Gasteiger partial charge in [0.15, 0.2) is 0 Å². The summed E-state index contributed by atoms with van der Waals surface area (Å²) >= 11 is 0. The van der Waals surface area contributed by atoms with E-state index in [9.17, 15) is 0 Å². The van der Waals surface area contributed by atoms with Gasteiger partial charge in [-0.25, -0.2) is 0 Å². The lowest BCUT2D eigenvalue weighted by Gasteiger charge is -2.00. The van der Waals surface area contributed by atoms with Crippen molar-refractivity contribution in [3.63, 3.8) is 0 Å². The van der Waals surface area contributed by atoms with Crippen molar-refractivity contribution >= 4 is 23.8 Å². The minimum Gasteiger partial charge on any atom is -0.354 e. The van der Waals surface area contributed by atoms with E-state index >= 15 is 0 Å². The standard InChI is InChI=1S/C21H23N/c1-5-12-19-18(8-4)21(22-20(19)13-6-2)17(7-3)16-14-10-9-11-15-16/h5-15,22H,3H2,1-2,4H3/b12-5-,13-6-,18-8-,21-17-. The van der Waals surface area contributed by atoms with E-state index < -0.39 is 0 Å². The molecule has 112 valence electrons. The van der Waals surface area contributed by atoms with Crippen molar-refractivity contribution in [2.45, 2.75) is 20.8 Å². The zero-order valence-corrected chi connectivity index (χ0v) is 13.6. The van der Waals surface area contributed by atoms with E-state index in [0.29, 0.717) is 0 Å². The van der Waals surface area contributed by atoms with E-state index in [-0.39, 0.29) is 0 Å². The maximum Gasteiger partial charge on any atom is 0.0540 e. The number of rotatable bonds is 4. The minimum absolute atomic E-state index is 1.12. The summed E-state index contributed by atoms with van der Waals surface area (Å²) in [5.41, 5.74) is 4.63. The number of benzene rings is 1. The molecule has 0 saturated carbocycles. The predicted molar refractivity (Wildman–Crippen MR) is 98.7 cm³/mol. The van der Waals surface area contributed by atoms with Gasteiger partial charge in [-0.15, -0.1) is 0 Å². The molecule has 0 spiro atoms. The summed E-state index contributed by atoms with van der Waals surface area (Å²) in [4.78, 5) is 3.56. The molecule has 0 amide bonds. The molecule has 1 aromatic heterocycles. The van der Waals surface area contributed by atoms with Crippen LogP contribution in [0.2, 0.25) is 0 Å². The fourth-order valence-corrected chi connectivity index (χ4v) is 2.69. The van der Waals surface area contributed by atoms with Crippen molar-refractivity contribution in [1.29, 1.82) is 0 Å². The molecule has 2 aromatic rings. The number of allylic oxidation sites excluding steroid dienone is 3. The van der Waals surface area contributed by atoms with E-state index in [0.717, 1.165) is 16.6 Å². The van der Waals surface area contributed by atoms with Crippen LogP contribution in [0.1, 0.15) is 37.6 Å². The maximum absolute atomic E-state index is 4.01. The normalized spacial score (nSPS) is 14.0. The van der Waals surface area contributed by atoms with E-state index in [1.54, 1.807) is 0 Å². The van der Waals surface area contributed by atoms with Crippen LogP contribution in [0.3, 0.4) is 0 Å². The van der Waals surface area contributed by atoms with Gasteiger partial charge in [0.05, 0.1) is 5.35 Å². The Kier molecular flexibility index (Phi) is 5.37. The lowest BCUT2D eigenvalue weighted by molar-refractivity contribution is 1.27. The quantitative estimate of drug-likeness (QED) is 0.865. The lowest BCUT2D eigenvalue weighted by Crippen LogP contribution is -2.26. The van der Waals surface area contributed by atoms with E-state index in [4.69, 9.17) is 0 Å². The average Bonchev–Trinajstić information content (AvgIpc) is 2.88. The summed E-state index contributed by atoms with van der Waals surface area (Å²) in [6, 6.07) is 10.4. The lowest BCUT2D eigenvalue weighted by atomic mass is 10.0. The molecule has 0 bridgehead atoms. The highest BCUT2D eigenvalue weighted by molar-refractivity contribution is 5.75. The molecule has 0 unspecified atom stereocenters. The molecular weight excluding hydrogens is 266 g/mol. The zero-order valence-electron chi connectivity index (χ0n) is 13.6. The predicted octanol–water partition coefficient (Wildman–Crippen LogP) is 4.27. The molecule has 22 heavy (non-hydrogen) atoms. The summed E-state index contributed by atoms with van der Waals surface area (Å²) in [7, 11) is 0. The van der Waals surface area contributed by atoms with Crippen LogP contribution in [0.25, 0.3) is 23.8 Å². The summed E-state index contributed by atoms with van der Waals surface area (Å²) in [6.45, 7) is 10.2. The van der Waals surface area contributed by atoms with Gasteiger partial charge < -0.3 is 4.98 Å². The monoisotopic (exact) mass is 289 g/mol. The van der Waals surface area contributed by atoms with Crippen LogP contribution in [0.5, 0.6) is 0 Å². The van der Waals surface area contributed by atoms with Gasteiger partial charge in [-0.3, -0.25) is 0 Å². The number of H-pyrrole nitrogens is 1. The van der Waals surface area contributed by atoms with Crippen LogP contribution in [-0.4, -0.2) is 4.98 Å². The molecule has 1 heteroatoms. The highest BCUT2D eigenvalue weighted by Crippen LogP contribution is 2.12. The third kappa shape index (κ3) is 3.04. The Morgan fingerprint density at radius 2 is 1.68 bits per heavy atom. The second-order valence-corrected chi connectivity index (χ2v) is 5.01. The molecule has 0 fully saturated rings. The number of aromatic amines is 1. The number of hydrogen-bond donors (Lipinski definition) is 1. The Labute approximate surface area is 132 Å². The first kappa shape index (κ1) is 15.8. The highest BCUT2D eigenvalue weighted by Gasteiger charge is 2.07. The molecule has 0 aliphatic carbocycles. The summed E-state index contributed by atoms with van der Waals surface area (Å²) in [5.74, 6) is 0. The molecular formula is C21H23N. The van der Waals surface area contributed by atoms with Crippen molar-refractivity contribution in [3.05, 3.63) is 82.5 Å². The summed E-state index contributed by atoms with van der Waals surface area (Å²) in [6.07, 6.45) is 12.5. The topological polar surface area (TPSA) is 15.8 Å². The molecule has 0 atom stereocenters. The average molecular weight is 289 g/mol. The Morgan fingerprint density at radius 3 is 2.23 bits per heavy atom. The largest absolute Gasteiger partial charge is 0.354 e. The molecule has 1 aromatic carbocycles. The molecule has 0 aliphatic rings. The van der Waals surface area contributed by atoms with Crippen LogP contribution in [-0.2, 0) is 0 Å². The van der Waals surface area contributed by atoms with Crippen LogP contribution >= 0.6 is 0 Å². The summed E-state index contributed by atoms with van der Waals surface area (Å²) < 4.78 is 0.